The van der Waals surface area contributed by atoms with Crippen molar-refractivity contribution in [2.45, 2.75) is 19.4 Å². The monoisotopic (exact) mass is 301 g/mol. The smallest absolute Gasteiger partial charge is 0.356 e. The number of hydrogen-bond acceptors (Lipinski definition) is 5. The predicted molar refractivity (Wildman–Crippen MR) is 81.5 cm³/mol. The van der Waals surface area contributed by atoms with E-state index < -0.39 is 16.2 Å². The summed E-state index contributed by atoms with van der Waals surface area (Å²) in [6, 6.07) is 7.27. The molecule has 0 bridgehead atoms. The first kappa shape index (κ1) is 14.1. The molecule has 0 spiro atoms. The SMILES string of the molecule is Cc1cccc2c1OC[C@H](Nc1cc[nH]c(=O)c1[N+](=O)[O-])C2. The minimum Gasteiger partial charge on any atom is -0.491 e. The van der Waals surface area contributed by atoms with E-state index in [1.165, 1.54) is 12.3 Å². The van der Waals surface area contributed by atoms with Gasteiger partial charge in [-0.05, 0) is 30.5 Å². The molecule has 1 aliphatic heterocycles. The summed E-state index contributed by atoms with van der Waals surface area (Å²) in [5.74, 6) is 0.876. The lowest BCUT2D eigenvalue weighted by molar-refractivity contribution is -0.385. The van der Waals surface area contributed by atoms with Crippen molar-refractivity contribution in [2.24, 2.45) is 0 Å². The van der Waals surface area contributed by atoms with Crippen LogP contribution in [0, 0.1) is 17.0 Å². The standard InChI is InChI=1S/C15H15N3O4/c1-9-3-2-4-10-7-11(8-22-14(9)10)17-12-5-6-16-15(19)13(12)18(20)21/h2-6,11H,7-8H2,1H3,(H2,16,17,19)/t11-/m1/s1. The Hall–Kier alpha value is -2.83. The molecule has 0 aliphatic carbocycles. The number of hydrogen-bond donors (Lipinski definition) is 2. The van der Waals surface area contributed by atoms with Crippen molar-refractivity contribution < 1.29 is 9.66 Å². The maximum absolute atomic E-state index is 11.6. The molecule has 114 valence electrons. The molecule has 2 N–H and O–H groups in total. The number of nitrogens with zero attached hydrogens (tertiary/aromatic N) is 1. The number of pyridine rings is 1. The predicted octanol–water partition coefficient (Wildman–Crippen LogP) is 2.01. The summed E-state index contributed by atoms with van der Waals surface area (Å²) in [5, 5.41) is 14.1. The Morgan fingerprint density at radius 3 is 3.00 bits per heavy atom. The van der Waals surface area contributed by atoms with Crippen molar-refractivity contribution >= 4 is 11.4 Å². The molecule has 7 heteroatoms. The molecule has 0 saturated carbocycles. The zero-order valence-corrected chi connectivity index (χ0v) is 12.0. The third-order valence-electron chi connectivity index (χ3n) is 3.67. The average Bonchev–Trinajstić information content (AvgIpc) is 2.47. The second-order valence-electron chi connectivity index (χ2n) is 5.25. The summed E-state index contributed by atoms with van der Waals surface area (Å²) in [6.45, 7) is 2.37. The van der Waals surface area contributed by atoms with E-state index in [9.17, 15) is 14.9 Å². The lowest BCUT2D eigenvalue weighted by Crippen LogP contribution is -2.34. The van der Waals surface area contributed by atoms with Gasteiger partial charge in [-0.25, -0.2) is 0 Å². The van der Waals surface area contributed by atoms with Gasteiger partial charge < -0.3 is 15.0 Å². The highest BCUT2D eigenvalue weighted by Gasteiger charge is 2.25. The van der Waals surface area contributed by atoms with E-state index in [1.54, 1.807) is 0 Å². The fourth-order valence-corrected chi connectivity index (χ4v) is 2.67. The van der Waals surface area contributed by atoms with Gasteiger partial charge in [-0.2, -0.15) is 0 Å². The Labute approximate surface area is 126 Å². The number of nitro groups is 1. The minimum atomic E-state index is -0.719. The van der Waals surface area contributed by atoms with Gasteiger partial charge in [-0.1, -0.05) is 18.2 Å². The summed E-state index contributed by atoms with van der Waals surface area (Å²) in [4.78, 5) is 24.3. The second-order valence-corrected chi connectivity index (χ2v) is 5.25. The van der Waals surface area contributed by atoms with Crippen LogP contribution in [-0.4, -0.2) is 22.6 Å². The quantitative estimate of drug-likeness (QED) is 0.667. The Bertz CT molecular complexity index is 785. The summed E-state index contributed by atoms with van der Waals surface area (Å²) in [7, 11) is 0. The lowest BCUT2D eigenvalue weighted by atomic mass is 10.00. The highest BCUT2D eigenvalue weighted by molar-refractivity contribution is 5.60. The number of benzene rings is 1. The van der Waals surface area contributed by atoms with Crippen LogP contribution in [-0.2, 0) is 6.42 Å². The maximum atomic E-state index is 11.6. The summed E-state index contributed by atoms with van der Waals surface area (Å²) < 4.78 is 5.75. The van der Waals surface area contributed by atoms with Crippen LogP contribution >= 0.6 is 0 Å². The zero-order chi connectivity index (χ0) is 15.7. The largest absolute Gasteiger partial charge is 0.491 e. The molecule has 1 aromatic carbocycles. The molecular weight excluding hydrogens is 286 g/mol. The molecule has 1 aliphatic rings. The number of ether oxygens (including phenoxy) is 1. The van der Waals surface area contributed by atoms with E-state index >= 15 is 0 Å². The Morgan fingerprint density at radius 1 is 1.41 bits per heavy atom. The maximum Gasteiger partial charge on any atom is 0.356 e. The van der Waals surface area contributed by atoms with Gasteiger partial charge in [0.15, 0.2) is 0 Å². The molecule has 2 heterocycles. The molecule has 2 aromatic rings. The van der Waals surface area contributed by atoms with Gasteiger partial charge in [0.1, 0.15) is 18.0 Å². The Morgan fingerprint density at radius 2 is 2.23 bits per heavy atom. The second kappa shape index (κ2) is 5.51. The summed E-state index contributed by atoms with van der Waals surface area (Å²) in [6.07, 6.45) is 2.07. The van der Waals surface area contributed by atoms with Crippen LogP contribution in [0.1, 0.15) is 11.1 Å². The molecular formula is C15H15N3O4. The first-order chi connectivity index (χ1) is 10.6. The van der Waals surface area contributed by atoms with Crippen LogP contribution in [0.3, 0.4) is 0 Å². The molecule has 0 saturated heterocycles. The van der Waals surface area contributed by atoms with Crippen molar-refractivity contribution in [3.63, 3.8) is 0 Å². The van der Waals surface area contributed by atoms with Gasteiger partial charge in [-0.15, -0.1) is 0 Å². The normalized spacial score (nSPS) is 16.5. The highest BCUT2D eigenvalue weighted by atomic mass is 16.6. The minimum absolute atomic E-state index is 0.130. The van der Waals surface area contributed by atoms with Gasteiger partial charge in [0.05, 0.1) is 11.0 Å². The van der Waals surface area contributed by atoms with Crippen molar-refractivity contribution in [3.05, 3.63) is 62.1 Å². The molecule has 0 fully saturated rings. The molecule has 22 heavy (non-hydrogen) atoms. The van der Waals surface area contributed by atoms with Gasteiger partial charge in [0, 0.05) is 6.20 Å². The van der Waals surface area contributed by atoms with E-state index in [0.29, 0.717) is 13.0 Å². The van der Waals surface area contributed by atoms with Gasteiger partial charge in [-0.3, -0.25) is 14.9 Å². The number of H-pyrrole nitrogens is 1. The molecule has 0 radical (unpaired) electrons. The van der Waals surface area contributed by atoms with E-state index in [2.05, 4.69) is 10.3 Å². The number of anilines is 1. The van der Waals surface area contributed by atoms with Gasteiger partial charge in [0.25, 0.3) is 0 Å². The third-order valence-corrected chi connectivity index (χ3v) is 3.67. The molecule has 1 atom stereocenters. The number of fused-ring (bicyclic) bond motifs is 1. The van der Waals surface area contributed by atoms with Crippen LogP contribution in [0.5, 0.6) is 5.75 Å². The van der Waals surface area contributed by atoms with Gasteiger partial charge in [0.2, 0.25) is 0 Å². The van der Waals surface area contributed by atoms with Crippen LogP contribution < -0.4 is 15.6 Å². The van der Waals surface area contributed by atoms with E-state index in [0.717, 1.165) is 16.9 Å². The van der Waals surface area contributed by atoms with E-state index in [-0.39, 0.29) is 11.7 Å². The first-order valence-electron chi connectivity index (χ1n) is 6.90. The summed E-state index contributed by atoms with van der Waals surface area (Å²) >= 11 is 0. The van der Waals surface area contributed by atoms with Crippen LogP contribution in [0.2, 0.25) is 0 Å². The van der Waals surface area contributed by atoms with Crippen LogP contribution in [0.15, 0.2) is 35.3 Å². The third kappa shape index (κ3) is 2.52. The zero-order valence-electron chi connectivity index (χ0n) is 12.0. The highest BCUT2D eigenvalue weighted by Crippen LogP contribution is 2.30. The van der Waals surface area contributed by atoms with Crippen LogP contribution in [0.4, 0.5) is 11.4 Å². The number of nitrogens with one attached hydrogen (secondary N) is 2. The van der Waals surface area contributed by atoms with Crippen molar-refractivity contribution in [2.75, 3.05) is 11.9 Å². The Balaban J connectivity index is 1.86. The van der Waals surface area contributed by atoms with Crippen LogP contribution in [0.25, 0.3) is 0 Å². The molecule has 3 rings (SSSR count). The average molecular weight is 301 g/mol. The van der Waals surface area contributed by atoms with E-state index in [1.807, 2.05) is 25.1 Å². The van der Waals surface area contributed by atoms with Crippen molar-refractivity contribution in [3.8, 4) is 5.75 Å². The van der Waals surface area contributed by atoms with Crippen molar-refractivity contribution in [1.82, 2.24) is 4.98 Å². The van der Waals surface area contributed by atoms with Gasteiger partial charge >= 0.3 is 11.2 Å². The fourth-order valence-electron chi connectivity index (χ4n) is 2.67. The number of para-hydroxylation sites is 1. The number of aromatic amines is 1. The topological polar surface area (TPSA) is 97.3 Å². The number of rotatable bonds is 3. The lowest BCUT2D eigenvalue weighted by Gasteiger charge is -2.27. The molecule has 1 aromatic heterocycles. The number of aryl methyl sites for hydroxylation is 1. The molecule has 0 unspecified atom stereocenters. The fraction of sp³-hybridized carbons (Fsp3) is 0.267. The first-order valence-corrected chi connectivity index (χ1v) is 6.90. The number of aromatic nitrogens is 1. The van der Waals surface area contributed by atoms with E-state index in [4.69, 9.17) is 4.74 Å². The molecule has 7 nitrogen and oxygen atoms in total. The van der Waals surface area contributed by atoms with Crippen molar-refractivity contribution in [1.29, 1.82) is 0 Å². The summed E-state index contributed by atoms with van der Waals surface area (Å²) in [5.41, 5.74) is 1.13. The Kier molecular flexibility index (Phi) is 3.54. The molecule has 0 amide bonds.